The summed E-state index contributed by atoms with van der Waals surface area (Å²) in [5.41, 5.74) is 4.70. The van der Waals surface area contributed by atoms with Gasteiger partial charge < -0.3 is 14.2 Å². The van der Waals surface area contributed by atoms with Gasteiger partial charge in [-0.1, -0.05) is 66.2 Å². The van der Waals surface area contributed by atoms with Crippen molar-refractivity contribution in [3.8, 4) is 17.2 Å². The summed E-state index contributed by atoms with van der Waals surface area (Å²) >= 11 is 0. The van der Waals surface area contributed by atoms with Crippen LogP contribution in [0.1, 0.15) is 28.2 Å². The second-order valence-corrected chi connectivity index (χ2v) is 11.2. The first-order chi connectivity index (χ1) is 19.9. The summed E-state index contributed by atoms with van der Waals surface area (Å²) in [6.07, 6.45) is 1.99. The molecule has 0 radical (unpaired) electrons. The number of anilines is 1. The van der Waals surface area contributed by atoms with Crippen molar-refractivity contribution in [3.05, 3.63) is 101 Å². The highest BCUT2D eigenvalue weighted by molar-refractivity contribution is 6.25. The van der Waals surface area contributed by atoms with E-state index in [2.05, 4.69) is 0 Å². The standard InChI is InChI=1S/C34H25NO6/c1-17-7-11-25(18(2)13-17)35-32(36)28-23(20-9-12-26-27(14-20)40-16-39-26)15-24-22-10-8-19-5-3-4-6-21(19)31(22)41-34(38)29(24)30(28)33(35)37/h3-15,23,28-30H,16H2,1-2H3/t23-,28+,29+,30-/m0/s1. The number of hydrogen-bond donors (Lipinski definition) is 0. The molecule has 0 spiro atoms. The number of allylic oxidation sites excluding steroid dienone is 1. The lowest BCUT2D eigenvalue weighted by molar-refractivity contribution is -0.142. The molecule has 3 aliphatic heterocycles. The Morgan fingerprint density at radius 1 is 0.805 bits per heavy atom. The first-order valence-corrected chi connectivity index (χ1v) is 13.7. The van der Waals surface area contributed by atoms with E-state index in [4.69, 9.17) is 14.2 Å². The molecule has 4 aromatic carbocycles. The van der Waals surface area contributed by atoms with Gasteiger partial charge >= 0.3 is 5.97 Å². The zero-order valence-electron chi connectivity index (χ0n) is 22.4. The fourth-order valence-corrected chi connectivity index (χ4v) is 7.03. The fourth-order valence-electron chi connectivity index (χ4n) is 7.03. The highest BCUT2D eigenvalue weighted by Crippen LogP contribution is 2.56. The molecule has 3 heterocycles. The van der Waals surface area contributed by atoms with Crippen molar-refractivity contribution in [2.24, 2.45) is 17.8 Å². The minimum absolute atomic E-state index is 0.128. The molecular weight excluding hydrogens is 518 g/mol. The second-order valence-electron chi connectivity index (χ2n) is 11.2. The van der Waals surface area contributed by atoms with Crippen molar-refractivity contribution in [1.82, 2.24) is 0 Å². The van der Waals surface area contributed by atoms with Gasteiger partial charge in [-0.25, -0.2) is 4.90 Å². The Balaban J connectivity index is 1.34. The van der Waals surface area contributed by atoms with Crippen LogP contribution in [-0.4, -0.2) is 24.6 Å². The van der Waals surface area contributed by atoms with Gasteiger partial charge in [0.25, 0.3) is 0 Å². The maximum absolute atomic E-state index is 14.3. The lowest BCUT2D eigenvalue weighted by Gasteiger charge is -2.38. The molecule has 1 fully saturated rings. The molecule has 1 aliphatic carbocycles. The van der Waals surface area contributed by atoms with Gasteiger partial charge in [-0.15, -0.1) is 0 Å². The van der Waals surface area contributed by atoms with Gasteiger partial charge in [-0.3, -0.25) is 14.4 Å². The van der Waals surface area contributed by atoms with Crippen LogP contribution in [0.15, 0.2) is 78.9 Å². The van der Waals surface area contributed by atoms with Crippen LogP contribution in [0.3, 0.4) is 0 Å². The zero-order valence-corrected chi connectivity index (χ0v) is 22.4. The van der Waals surface area contributed by atoms with E-state index >= 15 is 0 Å². The summed E-state index contributed by atoms with van der Waals surface area (Å²) in [7, 11) is 0. The molecule has 41 heavy (non-hydrogen) atoms. The van der Waals surface area contributed by atoms with Crippen LogP contribution in [0.5, 0.6) is 17.2 Å². The maximum atomic E-state index is 14.3. The number of fused-ring (bicyclic) bond motifs is 8. The van der Waals surface area contributed by atoms with Crippen molar-refractivity contribution in [1.29, 1.82) is 0 Å². The van der Waals surface area contributed by atoms with E-state index in [0.717, 1.165) is 38.6 Å². The summed E-state index contributed by atoms with van der Waals surface area (Å²) in [6, 6.07) is 22.9. The Hall–Kier alpha value is -4.91. The zero-order chi connectivity index (χ0) is 28.0. The Morgan fingerprint density at radius 3 is 2.46 bits per heavy atom. The molecule has 0 saturated carbocycles. The van der Waals surface area contributed by atoms with Crippen LogP contribution < -0.4 is 19.1 Å². The van der Waals surface area contributed by atoms with Crippen molar-refractivity contribution in [2.45, 2.75) is 19.8 Å². The second kappa shape index (κ2) is 8.54. The van der Waals surface area contributed by atoms with Crippen LogP contribution in [0.2, 0.25) is 0 Å². The van der Waals surface area contributed by atoms with Crippen LogP contribution in [0, 0.1) is 31.6 Å². The number of carbonyl (C=O) groups is 3. The van der Waals surface area contributed by atoms with Crippen LogP contribution >= 0.6 is 0 Å². The average Bonchev–Trinajstić information content (AvgIpc) is 3.54. The van der Waals surface area contributed by atoms with E-state index in [9.17, 15) is 14.4 Å². The van der Waals surface area contributed by atoms with Crippen molar-refractivity contribution in [2.75, 3.05) is 11.7 Å². The van der Waals surface area contributed by atoms with Crippen molar-refractivity contribution in [3.63, 3.8) is 0 Å². The molecule has 8 rings (SSSR count). The Bertz CT molecular complexity index is 1870. The van der Waals surface area contributed by atoms with Crippen LogP contribution in [0.4, 0.5) is 5.69 Å². The first kappa shape index (κ1) is 23.9. The van der Waals surface area contributed by atoms with Gasteiger partial charge in [0.15, 0.2) is 11.5 Å². The molecule has 7 nitrogen and oxygen atoms in total. The lowest BCUT2D eigenvalue weighted by Crippen LogP contribution is -2.42. The molecule has 0 aromatic heterocycles. The molecule has 0 N–H and O–H groups in total. The van der Waals surface area contributed by atoms with E-state index in [-0.39, 0.29) is 18.6 Å². The summed E-state index contributed by atoms with van der Waals surface area (Å²) < 4.78 is 17.2. The third-order valence-corrected chi connectivity index (χ3v) is 8.86. The van der Waals surface area contributed by atoms with Crippen molar-refractivity contribution < 1.29 is 28.6 Å². The molecule has 1 saturated heterocycles. The maximum Gasteiger partial charge on any atom is 0.319 e. The number of rotatable bonds is 2. The van der Waals surface area contributed by atoms with E-state index < -0.39 is 29.6 Å². The number of amides is 2. The van der Waals surface area contributed by atoms with Crippen molar-refractivity contribution >= 4 is 39.8 Å². The average molecular weight is 544 g/mol. The van der Waals surface area contributed by atoms with E-state index in [1.807, 2.05) is 92.7 Å². The molecule has 7 heteroatoms. The number of carbonyl (C=O) groups excluding carboxylic acids is 3. The number of benzene rings is 4. The topological polar surface area (TPSA) is 82.1 Å². The number of nitrogens with zero attached hydrogens (tertiary/aromatic N) is 1. The number of hydrogen-bond acceptors (Lipinski definition) is 6. The molecular formula is C34H25NO6. The number of ether oxygens (including phenoxy) is 3. The van der Waals surface area contributed by atoms with Gasteiger partial charge in [0, 0.05) is 16.9 Å². The largest absolute Gasteiger partial charge is 0.454 e. The molecule has 2 amide bonds. The number of aryl methyl sites for hydroxylation is 2. The van der Waals surface area contributed by atoms with Crippen LogP contribution in [-0.2, 0) is 14.4 Å². The minimum atomic E-state index is -0.911. The highest BCUT2D eigenvalue weighted by atomic mass is 16.7. The van der Waals surface area contributed by atoms with Gasteiger partial charge in [0.1, 0.15) is 5.75 Å². The molecule has 0 bridgehead atoms. The van der Waals surface area contributed by atoms with E-state index in [1.165, 1.54) is 4.90 Å². The SMILES string of the molecule is Cc1ccc(N2C(=O)[C@@H]3[C@@H]4C(=O)Oc5c(ccc6ccccc56)C4=C[C@@H](c4ccc5c(c4)OCO5)[C@H]3C2=O)c(C)c1. The summed E-state index contributed by atoms with van der Waals surface area (Å²) in [6.45, 7) is 3.98. The normalized spacial score (nSPS) is 24.1. The third kappa shape index (κ3) is 3.35. The Morgan fingerprint density at radius 2 is 1.61 bits per heavy atom. The molecule has 4 atom stereocenters. The first-order valence-electron chi connectivity index (χ1n) is 13.7. The summed E-state index contributed by atoms with van der Waals surface area (Å²) in [5, 5.41) is 1.78. The predicted octanol–water partition coefficient (Wildman–Crippen LogP) is 5.71. The Kier molecular flexibility index (Phi) is 4.99. The monoisotopic (exact) mass is 543 g/mol. The summed E-state index contributed by atoms with van der Waals surface area (Å²) in [5.74, 6) is -2.56. The van der Waals surface area contributed by atoms with E-state index in [0.29, 0.717) is 22.9 Å². The number of esters is 1. The number of imide groups is 1. The Labute approximate surface area is 235 Å². The van der Waals surface area contributed by atoms with Gasteiger partial charge in [-0.05, 0) is 54.1 Å². The van der Waals surface area contributed by atoms with Crippen LogP contribution in [0.25, 0.3) is 16.3 Å². The molecule has 4 aromatic rings. The molecule has 4 aliphatic rings. The minimum Gasteiger partial charge on any atom is -0.454 e. The van der Waals surface area contributed by atoms with Gasteiger partial charge in [0.05, 0.1) is 23.4 Å². The fraction of sp³-hybridized carbons (Fsp3) is 0.206. The smallest absolute Gasteiger partial charge is 0.319 e. The predicted molar refractivity (Wildman–Crippen MR) is 152 cm³/mol. The molecule has 202 valence electrons. The van der Waals surface area contributed by atoms with E-state index in [1.54, 1.807) is 0 Å². The third-order valence-electron chi connectivity index (χ3n) is 8.86. The van der Waals surface area contributed by atoms with Gasteiger partial charge in [0.2, 0.25) is 18.6 Å². The summed E-state index contributed by atoms with van der Waals surface area (Å²) in [4.78, 5) is 43.7. The lowest BCUT2D eigenvalue weighted by atomic mass is 9.64. The van der Waals surface area contributed by atoms with Gasteiger partial charge in [-0.2, -0.15) is 0 Å². The molecule has 0 unspecified atom stereocenters. The highest BCUT2D eigenvalue weighted by Gasteiger charge is 2.60. The quantitative estimate of drug-likeness (QED) is 0.183.